The Morgan fingerprint density at radius 2 is 2.25 bits per heavy atom. The molecule has 0 aliphatic heterocycles. The van der Waals surface area contributed by atoms with E-state index in [0.29, 0.717) is 5.69 Å². The highest BCUT2D eigenvalue weighted by atomic mass is 16.2. The van der Waals surface area contributed by atoms with Gasteiger partial charge in [-0.25, -0.2) is 0 Å². The molecule has 0 aliphatic carbocycles. The number of nitrogens with zero attached hydrogens (tertiary/aromatic N) is 2. The normalized spacial score (nSPS) is 12.1. The highest BCUT2D eigenvalue weighted by Gasteiger charge is 2.16. The maximum absolute atomic E-state index is 11.7. The standard InChI is InChI=1S/C9H15N5O2/c1-5(3-7(11)15)12-9(16)8-6(10)4-14(2)13-8/h4-5H,3,10H2,1-2H3,(H2,11,15)(H,12,16). The van der Waals surface area contributed by atoms with Crippen LogP contribution in [-0.4, -0.2) is 27.6 Å². The van der Waals surface area contributed by atoms with Gasteiger partial charge in [0.2, 0.25) is 5.91 Å². The lowest BCUT2D eigenvalue weighted by Gasteiger charge is -2.10. The van der Waals surface area contributed by atoms with E-state index in [4.69, 9.17) is 11.5 Å². The Hall–Kier alpha value is -2.05. The summed E-state index contributed by atoms with van der Waals surface area (Å²) >= 11 is 0. The fourth-order valence-electron chi connectivity index (χ4n) is 1.33. The zero-order valence-electron chi connectivity index (χ0n) is 9.23. The highest BCUT2D eigenvalue weighted by Crippen LogP contribution is 2.08. The first-order chi connectivity index (χ1) is 7.40. The highest BCUT2D eigenvalue weighted by molar-refractivity contribution is 5.97. The van der Waals surface area contributed by atoms with Crippen molar-refractivity contribution < 1.29 is 9.59 Å². The van der Waals surface area contributed by atoms with Crippen molar-refractivity contribution in [2.24, 2.45) is 12.8 Å². The maximum Gasteiger partial charge on any atom is 0.274 e. The van der Waals surface area contributed by atoms with Crippen LogP contribution in [0.25, 0.3) is 0 Å². The molecule has 7 heteroatoms. The number of nitrogen functional groups attached to an aromatic ring is 1. The molecule has 1 unspecified atom stereocenters. The molecule has 1 heterocycles. The molecule has 88 valence electrons. The van der Waals surface area contributed by atoms with Gasteiger partial charge < -0.3 is 16.8 Å². The molecule has 16 heavy (non-hydrogen) atoms. The fraction of sp³-hybridized carbons (Fsp3) is 0.444. The van der Waals surface area contributed by atoms with Crippen LogP contribution in [0.3, 0.4) is 0 Å². The molecule has 0 radical (unpaired) electrons. The summed E-state index contributed by atoms with van der Waals surface area (Å²) in [5.74, 6) is -0.881. The molecule has 1 aromatic heterocycles. The molecule has 0 saturated heterocycles. The largest absolute Gasteiger partial charge is 0.396 e. The van der Waals surface area contributed by atoms with Crippen LogP contribution in [0, 0.1) is 0 Å². The smallest absolute Gasteiger partial charge is 0.274 e. The van der Waals surface area contributed by atoms with Gasteiger partial charge in [-0.3, -0.25) is 14.3 Å². The van der Waals surface area contributed by atoms with E-state index in [1.807, 2.05) is 0 Å². The molecular weight excluding hydrogens is 210 g/mol. The molecule has 0 fully saturated rings. The molecule has 0 spiro atoms. The van der Waals surface area contributed by atoms with Gasteiger partial charge in [0.1, 0.15) is 0 Å². The third-order valence-corrected chi connectivity index (χ3v) is 1.96. The summed E-state index contributed by atoms with van der Waals surface area (Å²) < 4.78 is 1.45. The summed E-state index contributed by atoms with van der Waals surface area (Å²) in [6.07, 6.45) is 1.62. The molecule has 0 bridgehead atoms. The molecule has 2 amide bonds. The van der Waals surface area contributed by atoms with Crippen LogP contribution in [0.15, 0.2) is 6.20 Å². The minimum absolute atomic E-state index is 0.0818. The third-order valence-electron chi connectivity index (χ3n) is 1.96. The average molecular weight is 225 g/mol. The van der Waals surface area contributed by atoms with Crippen molar-refractivity contribution in [3.05, 3.63) is 11.9 Å². The lowest BCUT2D eigenvalue weighted by atomic mass is 10.2. The second-order valence-electron chi connectivity index (χ2n) is 3.65. The number of carbonyl (C=O) groups is 2. The van der Waals surface area contributed by atoms with Crippen LogP contribution >= 0.6 is 0 Å². The van der Waals surface area contributed by atoms with E-state index in [1.54, 1.807) is 14.0 Å². The fourth-order valence-corrected chi connectivity index (χ4v) is 1.33. The quantitative estimate of drug-likeness (QED) is 0.609. The zero-order chi connectivity index (χ0) is 12.3. The second-order valence-corrected chi connectivity index (χ2v) is 3.65. The monoisotopic (exact) mass is 225 g/mol. The first kappa shape index (κ1) is 12.0. The summed E-state index contributed by atoms with van der Waals surface area (Å²) in [4.78, 5) is 22.3. The van der Waals surface area contributed by atoms with Gasteiger partial charge >= 0.3 is 0 Å². The Morgan fingerprint density at radius 1 is 1.62 bits per heavy atom. The Bertz CT molecular complexity index is 412. The predicted octanol–water partition coefficient (Wildman–Crippen LogP) is -1.00. The van der Waals surface area contributed by atoms with Gasteiger partial charge in [0.15, 0.2) is 5.69 Å². The van der Waals surface area contributed by atoms with Gasteiger partial charge in [-0.15, -0.1) is 0 Å². The minimum Gasteiger partial charge on any atom is -0.396 e. The van der Waals surface area contributed by atoms with Crippen molar-refractivity contribution >= 4 is 17.5 Å². The lowest BCUT2D eigenvalue weighted by Crippen LogP contribution is -2.36. The van der Waals surface area contributed by atoms with E-state index in [-0.39, 0.29) is 18.2 Å². The van der Waals surface area contributed by atoms with E-state index in [2.05, 4.69) is 10.4 Å². The number of hydrogen-bond donors (Lipinski definition) is 3. The van der Waals surface area contributed by atoms with E-state index in [0.717, 1.165) is 0 Å². The predicted molar refractivity (Wildman–Crippen MR) is 58.4 cm³/mol. The Labute approximate surface area is 92.8 Å². The van der Waals surface area contributed by atoms with E-state index < -0.39 is 11.8 Å². The number of rotatable bonds is 4. The number of nitrogens with one attached hydrogen (secondary N) is 1. The molecule has 0 aliphatic rings. The Balaban J connectivity index is 2.65. The summed E-state index contributed by atoms with van der Waals surface area (Å²) in [7, 11) is 1.67. The van der Waals surface area contributed by atoms with E-state index in [9.17, 15) is 9.59 Å². The van der Waals surface area contributed by atoms with Crippen LogP contribution in [0.1, 0.15) is 23.8 Å². The van der Waals surface area contributed by atoms with Crippen molar-refractivity contribution in [3.63, 3.8) is 0 Å². The molecule has 7 nitrogen and oxygen atoms in total. The number of primary amides is 1. The number of anilines is 1. The van der Waals surface area contributed by atoms with E-state index >= 15 is 0 Å². The van der Waals surface area contributed by atoms with Crippen molar-refractivity contribution in [2.45, 2.75) is 19.4 Å². The summed E-state index contributed by atoms with van der Waals surface area (Å²) in [5, 5.41) is 6.49. The van der Waals surface area contributed by atoms with Crippen LogP contribution < -0.4 is 16.8 Å². The number of aromatic nitrogens is 2. The number of aryl methyl sites for hydroxylation is 1. The van der Waals surface area contributed by atoms with Crippen molar-refractivity contribution in [1.29, 1.82) is 0 Å². The van der Waals surface area contributed by atoms with Gasteiger partial charge in [-0.1, -0.05) is 0 Å². The number of hydrogen-bond acceptors (Lipinski definition) is 4. The van der Waals surface area contributed by atoms with Crippen LogP contribution in [0.4, 0.5) is 5.69 Å². The Morgan fingerprint density at radius 3 is 2.69 bits per heavy atom. The molecule has 1 rings (SSSR count). The first-order valence-electron chi connectivity index (χ1n) is 4.78. The van der Waals surface area contributed by atoms with Crippen LogP contribution in [0.2, 0.25) is 0 Å². The molecule has 0 saturated carbocycles. The maximum atomic E-state index is 11.7. The van der Waals surface area contributed by atoms with Gasteiger partial charge in [-0.2, -0.15) is 5.10 Å². The topological polar surface area (TPSA) is 116 Å². The molecule has 5 N–H and O–H groups in total. The number of carbonyl (C=O) groups excluding carboxylic acids is 2. The second kappa shape index (κ2) is 4.65. The van der Waals surface area contributed by atoms with Gasteiger partial charge in [0.25, 0.3) is 5.91 Å². The summed E-state index contributed by atoms with van der Waals surface area (Å²) in [6.45, 7) is 1.68. The SMILES string of the molecule is CC(CC(N)=O)NC(=O)c1nn(C)cc1N. The van der Waals surface area contributed by atoms with Gasteiger partial charge in [-0.05, 0) is 6.92 Å². The van der Waals surface area contributed by atoms with Crippen LogP contribution in [-0.2, 0) is 11.8 Å². The number of nitrogens with two attached hydrogens (primary N) is 2. The zero-order valence-corrected chi connectivity index (χ0v) is 9.23. The van der Waals surface area contributed by atoms with Gasteiger partial charge in [0, 0.05) is 25.7 Å². The van der Waals surface area contributed by atoms with E-state index in [1.165, 1.54) is 10.9 Å². The van der Waals surface area contributed by atoms with Crippen molar-refractivity contribution in [2.75, 3.05) is 5.73 Å². The average Bonchev–Trinajstić information content (AvgIpc) is 2.43. The Kier molecular flexibility index (Phi) is 3.49. The third kappa shape index (κ3) is 2.97. The molecule has 1 atom stereocenters. The number of amides is 2. The summed E-state index contributed by atoms with van der Waals surface area (Å²) in [5.41, 5.74) is 11.0. The van der Waals surface area contributed by atoms with Crippen molar-refractivity contribution in [3.8, 4) is 0 Å². The first-order valence-corrected chi connectivity index (χ1v) is 4.78. The van der Waals surface area contributed by atoms with Gasteiger partial charge in [0.05, 0.1) is 5.69 Å². The van der Waals surface area contributed by atoms with Crippen molar-refractivity contribution in [1.82, 2.24) is 15.1 Å². The lowest BCUT2D eigenvalue weighted by molar-refractivity contribution is -0.118. The van der Waals surface area contributed by atoms with Crippen LogP contribution in [0.5, 0.6) is 0 Å². The minimum atomic E-state index is -0.471. The molecule has 0 aromatic carbocycles. The molecular formula is C9H15N5O2. The summed E-state index contributed by atoms with van der Waals surface area (Å²) in [6, 6.07) is -0.341. The molecule has 1 aromatic rings.